The molecule has 9 unspecified atom stereocenters. The summed E-state index contributed by atoms with van der Waals surface area (Å²) < 4.78 is 1.42. The second-order valence-electron chi connectivity index (χ2n) is 22.1. The van der Waals surface area contributed by atoms with E-state index in [4.69, 9.17) is 0 Å². The van der Waals surface area contributed by atoms with Gasteiger partial charge in [-0.3, -0.25) is 6.08 Å². The van der Waals surface area contributed by atoms with Crippen molar-refractivity contribution in [2.24, 2.45) is 78.8 Å². The Balaban J connectivity index is 0.000000149. The fourth-order valence-corrected chi connectivity index (χ4v) is 17.0. The van der Waals surface area contributed by atoms with Gasteiger partial charge in [0.25, 0.3) is 0 Å². The summed E-state index contributed by atoms with van der Waals surface area (Å²) in [5.74, 6) is 5.14. The van der Waals surface area contributed by atoms with Crippen LogP contribution in [0.25, 0.3) is 0 Å². The van der Waals surface area contributed by atoms with Gasteiger partial charge >= 0.3 is 99.2 Å². The van der Waals surface area contributed by atoms with Gasteiger partial charge < -0.3 is 31.2 Å². The molecule has 2 aromatic rings. The molecule has 326 valence electrons. The number of hydrogen-bond acceptors (Lipinski definition) is 0. The first kappa shape index (κ1) is 47.6. The molecule has 0 heterocycles. The molecule has 0 nitrogen and oxygen atoms in total. The third-order valence-corrected chi connectivity index (χ3v) is 22.0. The molecule has 0 N–H and O–H groups in total. The molecule has 9 atom stereocenters. The van der Waals surface area contributed by atoms with Gasteiger partial charge in [0.2, 0.25) is 0 Å². The van der Waals surface area contributed by atoms with Crippen LogP contribution in [0.1, 0.15) is 112 Å². The van der Waals surface area contributed by atoms with Gasteiger partial charge in [0.05, 0.1) is 0 Å². The molecule has 0 radical (unpaired) electrons. The Morgan fingerprint density at radius 1 is 0.629 bits per heavy atom. The molecule has 0 amide bonds. The van der Waals surface area contributed by atoms with Crippen molar-refractivity contribution in [2.45, 2.75) is 101 Å². The average Bonchev–Trinajstić information content (AvgIpc) is 3.77. The predicted molar refractivity (Wildman–Crippen MR) is 250 cm³/mol. The Morgan fingerprint density at radius 2 is 1.10 bits per heavy atom. The van der Waals surface area contributed by atoms with E-state index in [-0.39, 0.29) is 62.7 Å². The number of benzene rings is 2. The normalized spacial score (nSPS) is 45.0. The van der Waals surface area contributed by atoms with Crippen LogP contribution in [0.4, 0.5) is 0 Å². The minimum absolute atomic E-state index is 0. The summed E-state index contributed by atoms with van der Waals surface area (Å²) in [7, 11) is 0. The molecule has 62 heavy (non-hydrogen) atoms. The third-order valence-electron chi connectivity index (χ3n) is 20.5. The van der Waals surface area contributed by atoms with Crippen molar-refractivity contribution in [3.8, 4) is 0 Å². The number of allylic oxidation sites excluding steroid dienone is 16. The Kier molecular flexibility index (Phi) is 12.7. The van der Waals surface area contributed by atoms with Crippen LogP contribution >= 0.6 is 0 Å². The molecule has 6 fully saturated rings. The van der Waals surface area contributed by atoms with Crippen molar-refractivity contribution in [1.29, 1.82) is 0 Å². The van der Waals surface area contributed by atoms with Crippen LogP contribution in [-0.4, -0.2) is 3.21 Å². The fourth-order valence-electron chi connectivity index (χ4n) is 16.2. The van der Waals surface area contributed by atoms with E-state index in [9.17, 15) is 0 Å². The molecule has 0 spiro atoms. The predicted octanol–water partition coefficient (Wildman–Crippen LogP) is 8.84. The zero-order chi connectivity index (χ0) is 42.6. The first-order chi connectivity index (χ1) is 28.4. The summed E-state index contributed by atoms with van der Waals surface area (Å²) in [6.07, 6.45) is 45.2. The van der Waals surface area contributed by atoms with Gasteiger partial charge in [0.1, 0.15) is 0 Å². The van der Waals surface area contributed by atoms with E-state index >= 15 is 0 Å². The van der Waals surface area contributed by atoms with E-state index in [0.717, 1.165) is 23.7 Å². The number of fused-ring (bicyclic) bond motifs is 8. The van der Waals surface area contributed by atoms with E-state index in [2.05, 4.69) is 221 Å². The van der Waals surface area contributed by atoms with Crippen LogP contribution in [-0.2, 0) is 24.2 Å². The van der Waals surface area contributed by atoms with Gasteiger partial charge in [-0.2, -0.15) is 11.6 Å². The van der Waals surface area contributed by atoms with E-state index < -0.39 is 0 Å². The van der Waals surface area contributed by atoms with Crippen molar-refractivity contribution in [3.63, 3.8) is 0 Å². The second-order valence-corrected chi connectivity index (χ2v) is 23.3. The van der Waals surface area contributed by atoms with Crippen molar-refractivity contribution < 1.29 is 49.0 Å². The van der Waals surface area contributed by atoms with Crippen LogP contribution in [0.2, 0.25) is 0 Å². The maximum absolute atomic E-state index is 3.49. The topological polar surface area (TPSA) is 0 Å². The van der Waals surface area contributed by atoms with Gasteiger partial charge in [-0.25, -0.2) is 6.08 Å². The number of halogens is 2. The SMILES string of the molecule is CC1=CC=CC2[CH-]C3(C)C4(C)C=CC=CC4(C)C4(C)C=CC=CC4(C)C3(C)C12C.CC1[C-]=CC(C2(C)C3CC4CC(C3)CC2C4)=C1.[Cl-].[Cl-].[Zr+2]=[C](c1ccccc1)c1ccccc1. The molecular formula is C59H70Cl2Zr-2. The molecular weight excluding hydrogens is 871 g/mol. The first-order valence-electron chi connectivity index (χ1n) is 23.4. The van der Waals surface area contributed by atoms with Gasteiger partial charge in [0, 0.05) is 10.8 Å². The zero-order valence-corrected chi connectivity index (χ0v) is 43.1. The van der Waals surface area contributed by atoms with Crippen molar-refractivity contribution >= 4 is 3.21 Å². The van der Waals surface area contributed by atoms with Gasteiger partial charge in [0.15, 0.2) is 0 Å². The van der Waals surface area contributed by atoms with Crippen LogP contribution in [0, 0.1) is 91.3 Å². The summed E-state index contributed by atoms with van der Waals surface area (Å²) in [5.41, 5.74) is 6.54. The summed E-state index contributed by atoms with van der Waals surface area (Å²) >= 11 is 1.46. The van der Waals surface area contributed by atoms with E-state index in [1.165, 1.54) is 69.8 Å². The van der Waals surface area contributed by atoms with Crippen molar-refractivity contribution in [2.75, 3.05) is 0 Å². The van der Waals surface area contributed by atoms with Crippen LogP contribution in [0.5, 0.6) is 0 Å². The average molecular weight is 941 g/mol. The Labute approximate surface area is 403 Å². The molecule has 2 aromatic carbocycles. The van der Waals surface area contributed by atoms with E-state index in [0.29, 0.717) is 17.3 Å². The Hall–Kier alpha value is -2.31. The molecule has 10 aliphatic rings. The standard InChI is InChI=1S/C29H37.C17H23.C13H10.2ClH.Zr/c1-21-14-13-15-22-20-27(6)25(4)18-10-9-16-23(25,2)24(3)17-11-12-19-26(24,5)29(27,8)28(21,22)7;1-11-3-4-14(5-11)17(2)15-7-12-6-13(9-15)10-16(17)8-12;1-3-7-12(8-4-1)11-13-9-5-2-6-10-13;;;/h9-20,22H,1-8H3;4-5,11-13,15-16H,6-10H2,1-2H3;1-10H;2*1H;/q2*-1;;;;+2/p-2. The van der Waals surface area contributed by atoms with Gasteiger partial charge in [-0.15, -0.1) is 17.4 Å². The van der Waals surface area contributed by atoms with Crippen LogP contribution < -0.4 is 24.8 Å². The molecule has 4 bridgehead atoms. The zero-order valence-electron chi connectivity index (χ0n) is 39.1. The first-order valence-corrected chi connectivity index (χ1v) is 24.6. The summed E-state index contributed by atoms with van der Waals surface area (Å²) in [4.78, 5) is 0. The van der Waals surface area contributed by atoms with Crippen molar-refractivity contribution in [1.82, 2.24) is 0 Å². The Bertz CT molecular complexity index is 2220. The molecule has 10 aliphatic carbocycles. The fraction of sp³-hybridized carbons (Fsp3) is 0.492. The van der Waals surface area contributed by atoms with Crippen LogP contribution in [0.3, 0.4) is 0 Å². The quantitative estimate of drug-likeness (QED) is 0.270. The minimum atomic E-state index is 0. The second kappa shape index (κ2) is 16.5. The van der Waals surface area contributed by atoms with Gasteiger partial charge in [-0.05, 0) is 84.4 Å². The van der Waals surface area contributed by atoms with E-state index in [1.54, 1.807) is 12.0 Å². The molecule has 3 heteroatoms. The number of rotatable bonds is 3. The molecule has 0 aromatic heterocycles. The maximum atomic E-state index is 3.49. The van der Waals surface area contributed by atoms with Crippen molar-refractivity contribution in [3.05, 3.63) is 174 Å². The number of hydrogen-bond donors (Lipinski definition) is 0. The summed E-state index contributed by atoms with van der Waals surface area (Å²) in [5, 5.41) is 0. The molecule has 6 saturated carbocycles. The Morgan fingerprint density at radius 3 is 1.58 bits per heavy atom. The van der Waals surface area contributed by atoms with Crippen LogP contribution in [0.15, 0.2) is 151 Å². The molecule has 0 aliphatic heterocycles. The molecule has 0 saturated heterocycles. The summed E-state index contributed by atoms with van der Waals surface area (Å²) in [6.45, 7) is 25.1. The van der Waals surface area contributed by atoms with Gasteiger partial charge in [-0.1, -0.05) is 140 Å². The van der Waals surface area contributed by atoms with E-state index in [1.807, 2.05) is 0 Å². The third kappa shape index (κ3) is 6.22. The monoisotopic (exact) mass is 938 g/mol. The summed E-state index contributed by atoms with van der Waals surface area (Å²) in [6, 6.07) is 21.1. The molecule has 12 rings (SSSR count).